The number of benzene rings is 1. The summed E-state index contributed by atoms with van der Waals surface area (Å²) in [5.41, 5.74) is 8.80. The van der Waals surface area contributed by atoms with E-state index in [0.717, 1.165) is 36.6 Å². The largest absolute Gasteiger partial charge is 0.399 e. The van der Waals surface area contributed by atoms with E-state index in [1.165, 1.54) is 5.56 Å². The molecule has 3 rings (SSSR count). The van der Waals surface area contributed by atoms with E-state index in [4.69, 9.17) is 5.73 Å². The Kier molecular flexibility index (Phi) is 3.64. The lowest BCUT2D eigenvalue weighted by atomic mass is 10.1. The lowest BCUT2D eigenvalue weighted by Crippen LogP contribution is -2.33. The molecule has 1 aliphatic heterocycles. The van der Waals surface area contributed by atoms with Crippen molar-refractivity contribution in [3.8, 4) is 0 Å². The first-order valence-electron chi connectivity index (χ1n) is 7.31. The molecule has 0 bridgehead atoms. The second-order valence-electron chi connectivity index (χ2n) is 5.45. The van der Waals surface area contributed by atoms with Crippen LogP contribution in [0.4, 0.5) is 11.4 Å². The number of amides is 1. The van der Waals surface area contributed by atoms with Crippen molar-refractivity contribution in [2.24, 2.45) is 0 Å². The Bertz CT molecular complexity index is 662. The molecule has 1 amide bonds. The van der Waals surface area contributed by atoms with E-state index in [-0.39, 0.29) is 5.91 Å². The van der Waals surface area contributed by atoms with Gasteiger partial charge in [-0.3, -0.25) is 4.79 Å². The van der Waals surface area contributed by atoms with Crippen LogP contribution >= 0.6 is 0 Å². The third kappa shape index (κ3) is 2.77. The van der Waals surface area contributed by atoms with Gasteiger partial charge in [0.05, 0.1) is 0 Å². The fourth-order valence-electron chi connectivity index (χ4n) is 2.86. The number of anilines is 2. The molecule has 5 heteroatoms. The molecule has 0 saturated heterocycles. The predicted octanol–water partition coefficient (Wildman–Crippen LogP) is 2.14. The number of aromatic nitrogens is 2. The van der Waals surface area contributed by atoms with E-state index in [2.05, 4.69) is 9.55 Å². The van der Waals surface area contributed by atoms with Gasteiger partial charge in [0.2, 0.25) is 5.91 Å². The summed E-state index contributed by atoms with van der Waals surface area (Å²) in [5.74, 6) is 1.16. The first kappa shape index (κ1) is 13.7. The van der Waals surface area contributed by atoms with Crippen molar-refractivity contribution in [2.75, 3.05) is 17.2 Å². The molecule has 0 saturated carbocycles. The topological polar surface area (TPSA) is 64.2 Å². The zero-order chi connectivity index (χ0) is 14.8. The van der Waals surface area contributed by atoms with Crippen molar-refractivity contribution in [1.29, 1.82) is 0 Å². The van der Waals surface area contributed by atoms with Gasteiger partial charge in [0.15, 0.2) is 0 Å². The number of rotatable bonds is 3. The highest BCUT2D eigenvalue weighted by Gasteiger charge is 2.22. The van der Waals surface area contributed by atoms with Gasteiger partial charge in [-0.15, -0.1) is 0 Å². The smallest absolute Gasteiger partial charge is 0.227 e. The van der Waals surface area contributed by atoms with E-state index in [9.17, 15) is 4.79 Å². The van der Waals surface area contributed by atoms with Crippen LogP contribution in [0.25, 0.3) is 0 Å². The Labute approximate surface area is 124 Å². The molecule has 2 N–H and O–H groups in total. The number of hydrogen-bond acceptors (Lipinski definition) is 3. The molecule has 0 radical (unpaired) electrons. The van der Waals surface area contributed by atoms with Crippen LogP contribution in [0.3, 0.4) is 0 Å². The molecule has 21 heavy (non-hydrogen) atoms. The van der Waals surface area contributed by atoms with Crippen LogP contribution in [0.1, 0.15) is 24.2 Å². The normalized spacial score (nSPS) is 14.9. The van der Waals surface area contributed by atoms with Gasteiger partial charge in [-0.25, -0.2) is 4.98 Å². The molecule has 2 heterocycles. The highest BCUT2D eigenvalue weighted by molar-refractivity contribution is 5.95. The summed E-state index contributed by atoms with van der Waals surface area (Å²) in [6.45, 7) is 3.38. The third-order valence-corrected chi connectivity index (χ3v) is 4.02. The van der Waals surface area contributed by atoms with Crippen LogP contribution < -0.4 is 10.6 Å². The molecular weight excluding hydrogens is 264 g/mol. The summed E-state index contributed by atoms with van der Waals surface area (Å²) in [7, 11) is 0. The van der Waals surface area contributed by atoms with Gasteiger partial charge in [-0.2, -0.15) is 0 Å². The average Bonchev–Trinajstić information content (AvgIpc) is 2.79. The highest BCUT2D eigenvalue weighted by Crippen LogP contribution is 2.28. The van der Waals surface area contributed by atoms with Gasteiger partial charge in [-0.1, -0.05) is 0 Å². The van der Waals surface area contributed by atoms with Crippen molar-refractivity contribution >= 4 is 17.3 Å². The number of nitrogen functional groups attached to an aromatic ring is 1. The molecular formula is C16H20N4O. The fraction of sp³-hybridized carbons (Fsp3) is 0.375. The standard InChI is InChI=1S/C16H20N4O/c1-12-18-7-8-19(12)9-10-20-15-6-5-14(17)11-13(15)3-2-4-16(20)21/h5-8,11H,2-4,9-10,17H2,1H3. The van der Waals surface area contributed by atoms with Gasteiger partial charge >= 0.3 is 0 Å². The van der Waals surface area contributed by atoms with E-state index >= 15 is 0 Å². The van der Waals surface area contributed by atoms with Gasteiger partial charge in [0.1, 0.15) is 5.82 Å². The second kappa shape index (κ2) is 5.60. The average molecular weight is 284 g/mol. The molecule has 1 aromatic carbocycles. The van der Waals surface area contributed by atoms with Gasteiger partial charge in [0, 0.05) is 43.3 Å². The second-order valence-corrected chi connectivity index (χ2v) is 5.45. The van der Waals surface area contributed by atoms with Gasteiger partial charge < -0.3 is 15.2 Å². The Hall–Kier alpha value is -2.30. The van der Waals surface area contributed by atoms with Gasteiger partial charge in [-0.05, 0) is 43.5 Å². The molecule has 0 fully saturated rings. The monoisotopic (exact) mass is 284 g/mol. The quantitative estimate of drug-likeness (QED) is 0.878. The zero-order valence-electron chi connectivity index (χ0n) is 12.2. The molecule has 110 valence electrons. The van der Waals surface area contributed by atoms with Gasteiger partial charge in [0.25, 0.3) is 0 Å². The van der Waals surface area contributed by atoms with E-state index in [1.54, 1.807) is 6.20 Å². The Morgan fingerprint density at radius 2 is 2.14 bits per heavy atom. The number of carbonyl (C=O) groups excluding carboxylic acids is 1. The van der Waals surface area contributed by atoms with Crippen molar-refractivity contribution in [2.45, 2.75) is 32.7 Å². The lowest BCUT2D eigenvalue weighted by molar-refractivity contribution is -0.118. The minimum atomic E-state index is 0.191. The Morgan fingerprint density at radius 3 is 2.90 bits per heavy atom. The SMILES string of the molecule is Cc1nccn1CCN1C(=O)CCCc2cc(N)ccc21. The third-order valence-electron chi connectivity index (χ3n) is 4.02. The molecule has 0 unspecified atom stereocenters. The molecule has 1 aromatic heterocycles. The Morgan fingerprint density at radius 1 is 1.29 bits per heavy atom. The number of aryl methyl sites for hydroxylation is 2. The van der Waals surface area contributed by atoms with E-state index in [1.807, 2.05) is 36.2 Å². The zero-order valence-corrected chi connectivity index (χ0v) is 12.2. The summed E-state index contributed by atoms with van der Waals surface area (Å²) in [6, 6.07) is 5.82. The number of hydrogen-bond donors (Lipinski definition) is 1. The number of fused-ring (bicyclic) bond motifs is 1. The molecule has 2 aromatic rings. The highest BCUT2D eigenvalue weighted by atomic mass is 16.2. The fourth-order valence-corrected chi connectivity index (χ4v) is 2.86. The number of nitrogens with two attached hydrogens (primary N) is 1. The molecule has 5 nitrogen and oxygen atoms in total. The number of carbonyl (C=O) groups is 1. The minimum Gasteiger partial charge on any atom is -0.399 e. The molecule has 0 spiro atoms. The summed E-state index contributed by atoms with van der Waals surface area (Å²) in [5, 5.41) is 0. The Balaban J connectivity index is 1.86. The van der Waals surface area contributed by atoms with Crippen LogP contribution in [0.15, 0.2) is 30.6 Å². The maximum absolute atomic E-state index is 12.4. The van der Waals surface area contributed by atoms with Crippen molar-refractivity contribution in [1.82, 2.24) is 9.55 Å². The van der Waals surface area contributed by atoms with Crippen LogP contribution in [0.5, 0.6) is 0 Å². The first-order valence-corrected chi connectivity index (χ1v) is 7.31. The summed E-state index contributed by atoms with van der Waals surface area (Å²) in [4.78, 5) is 18.5. The predicted molar refractivity (Wildman–Crippen MR) is 83.1 cm³/mol. The maximum Gasteiger partial charge on any atom is 0.227 e. The number of nitrogens with zero attached hydrogens (tertiary/aromatic N) is 3. The first-order chi connectivity index (χ1) is 10.1. The van der Waals surface area contributed by atoms with E-state index < -0.39 is 0 Å². The van der Waals surface area contributed by atoms with Crippen molar-refractivity contribution < 1.29 is 4.79 Å². The molecule has 0 atom stereocenters. The molecule has 1 aliphatic rings. The lowest BCUT2D eigenvalue weighted by Gasteiger charge is -2.23. The summed E-state index contributed by atoms with van der Waals surface area (Å²) >= 11 is 0. The van der Waals surface area contributed by atoms with Crippen molar-refractivity contribution in [3.05, 3.63) is 42.0 Å². The number of imidazole rings is 1. The summed E-state index contributed by atoms with van der Waals surface area (Å²) < 4.78 is 2.06. The van der Waals surface area contributed by atoms with Crippen molar-refractivity contribution in [3.63, 3.8) is 0 Å². The van der Waals surface area contributed by atoms with E-state index in [0.29, 0.717) is 13.0 Å². The van der Waals surface area contributed by atoms with Crippen LogP contribution in [-0.2, 0) is 17.8 Å². The van der Waals surface area contributed by atoms with Crippen LogP contribution in [0.2, 0.25) is 0 Å². The van der Waals surface area contributed by atoms with Crippen LogP contribution in [-0.4, -0.2) is 22.0 Å². The summed E-state index contributed by atoms with van der Waals surface area (Å²) in [6.07, 6.45) is 6.12. The minimum absolute atomic E-state index is 0.191. The molecule has 0 aliphatic carbocycles. The van der Waals surface area contributed by atoms with Crippen LogP contribution in [0, 0.1) is 6.92 Å². The maximum atomic E-state index is 12.4.